The molecule has 0 aliphatic carbocycles. The molecule has 2 heterocycles. The van der Waals surface area contributed by atoms with Crippen molar-refractivity contribution in [3.05, 3.63) is 41.5 Å². The molecule has 0 unspecified atom stereocenters. The van der Waals surface area contributed by atoms with E-state index >= 15 is 0 Å². The monoisotopic (exact) mass is 471 g/mol. The number of unbranched alkanes of at least 4 members (excludes halogenated alkanes) is 3. The summed E-state index contributed by atoms with van der Waals surface area (Å²) in [5.41, 5.74) is -2.04. The van der Waals surface area contributed by atoms with Gasteiger partial charge in [0.15, 0.2) is 11.4 Å². The number of carbonyl (C=O) groups excluding carboxylic acids is 1. The Kier molecular flexibility index (Phi) is 8.79. The van der Waals surface area contributed by atoms with E-state index in [-0.39, 0.29) is 12.2 Å². The maximum Gasteiger partial charge on any atom is 0.435 e. The van der Waals surface area contributed by atoms with Crippen LogP contribution in [0.4, 0.5) is 17.6 Å². The molecule has 0 saturated carbocycles. The molecule has 1 saturated heterocycles. The number of ether oxygens (including phenoxy) is 1. The summed E-state index contributed by atoms with van der Waals surface area (Å²) in [4.78, 5) is 16.8. The van der Waals surface area contributed by atoms with Crippen LogP contribution in [0.2, 0.25) is 0 Å². The smallest absolute Gasteiger partial charge is 0.379 e. The van der Waals surface area contributed by atoms with E-state index in [4.69, 9.17) is 4.74 Å². The molecule has 0 bridgehead atoms. The van der Waals surface area contributed by atoms with Crippen LogP contribution in [0.25, 0.3) is 5.69 Å². The predicted octanol–water partition coefficient (Wildman–Crippen LogP) is 3.78. The van der Waals surface area contributed by atoms with Crippen molar-refractivity contribution in [2.24, 2.45) is 0 Å². The van der Waals surface area contributed by atoms with Gasteiger partial charge in [0.1, 0.15) is 5.82 Å². The zero-order chi connectivity index (χ0) is 23.8. The summed E-state index contributed by atoms with van der Waals surface area (Å²) in [5.74, 6) is -1.40. The molecule has 2 aromatic rings. The van der Waals surface area contributed by atoms with Gasteiger partial charge in [-0.25, -0.2) is 9.07 Å². The lowest BCUT2D eigenvalue weighted by Crippen LogP contribution is -2.43. The molecule has 1 aliphatic heterocycles. The van der Waals surface area contributed by atoms with Crippen LogP contribution in [0.15, 0.2) is 24.3 Å². The number of rotatable bonds is 10. The number of carbonyl (C=O) groups is 1. The highest BCUT2D eigenvalue weighted by molar-refractivity contribution is 5.93. The van der Waals surface area contributed by atoms with Gasteiger partial charge in [-0.05, 0) is 30.7 Å². The molecule has 0 spiro atoms. The fraction of sp³-hybridized carbons (Fsp3) is 0.591. The Labute approximate surface area is 190 Å². The zero-order valence-corrected chi connectivity index (χ0v) is 18.7. The van der Waals surface area contributed by atoms with Gasteiger partial charge in [0.25, 0.3) is 5.91 Å². The molecular formula is C22H29F4N5O2. The van der Waals surface area contributed by atoms with E-state index in [1.165, 1.54) is 4.90 Å². The van der Waals surface area contributed by atoms with Crippen molar-refractivity contribution >= 4 is 5.91 Å². The summed E-state index contributed by atoms with van der Waals surface area (Å²) < 4.78 is 61.1. The Morgan fingerprint density at radius 3 is 2.42 bits per heavy atom. The van der Waals surface area contributed by atoms with Crippen molar-refractivity contribution in [3.8, 4) is 5.69 Å². The highest BCUT2D eigenvalue weighted by Gasteiger charge is 2.43. The Morgan fingerprint density at radius 1 is 1.09 bits per heavy atom. The summed E-state index contributed by atoms with van der Waals surface area (Å²) in [7, 11) is 0. The topological polar surface area (TPSA) is 63.5 Å². The number of halogens is 4. The molecule has 3 rings (SSSR count). The molecule has 7 nitrogen and oxygen atoms in total. The van der Waals surface area contributed by atoms with E-state index in [2.05, 4.69) is 22.1 Å². The average Bonchev–Trinajstić information content (AvgIpc) is 3.25. The number of alkyl halides is 3. The first kappa shape index (κ1) is 25.1. The second kappa shape index (κ2) is 11.6. The Hall–Kier alpha value is -2.53. The van der Waals surface area contributed by atoms with Gasteiger partial charge in [0.2, 0.25) is 0 Å². The van der Waals surface area contributed by atoms with Crippen molar-refractivity contribution in [2.45, 2.75) is 38.8 Å². The van der Waals surface area contributed by atoms with Crippen LogP contribution in [0, 0.1) is 5.82 Å². The van der Waals surface area contributed by atoms with Crippen LogP contribution in [-0.2, 0) is 10.9 Å². The fourth-order valence-electron chi connectivity index (χ4n) is 3.72. The first-order valence-corrected chi connectivity index (χ1v) is 11.2. The van der Waals surface area contributed by atoms with Crippen molar-refractivity contribution in [3.63, 3.8) is 0 Å². The Bertz CT molecular complexity index is 895. The number of amides is 1. The van der Waals surface area contributed by atoms with E-state index < -0.39 is 29.3 Å². The maximum absolute atomic E-state index is 14.0. The van der Waals surface area contributed by atoms with Gasteiger partial charge in [-0.15, -0.1) is 5.10 Å². The minimum absolute atomic E-state index is 0.0295. The minimum Gasteiger partial charge on any atom is -0.379 e. The first-order valence-electron chi connectivity index (χ1n) is 11.2. The quantitative estimate of drug-likeness (QED) is 0.390. The molecule has 0 atom stereocenters. The van der Waals surface area contributed by atoms with Gasteiger partial charge in [0.05, 0.1) is 18.9 Å². The first-order chi connectivity index (χ1) is 15.8. The van der Waals surface area contributed by atoms with Crippen LogP contribution in [-0.4, -0.2) is 76.6 Å². The van der Waals surface area contributed by atoms with Crippen LogP contribution < -0.4 is 0 Å². The third kappa shape index (κ3) is 6.73. The van der Waals surface area contributed by atoms with Crippen molar-refractivity contribution in [2.75, 3.05) is 45.9 Å². The van der Waals surface area contributed by atoms with Crippen molar-refractivity contribution in [1.29, 1.82) is 0 Å². The molecular weight excluding hydrogens is 442 g/mol. The van der Waals surface area contributed by atoms with Gasteiger partial charge in [0, 0.05) is 32.7 Å². The molecule has 0 radical (unpaired) electrons. The molecule has 0 N–H and O–H groups in total. The van der Waals surface area contributed by atoms with E-state index in [9.17, 15) is 22.4 Å². The van der Waals surface area contributed by atoms with Crippen molar-refractivity contribution < 1.29 is 27.1 Å². The summed E-state index contributed by atoms with van der Waals surface area (Å²) >= 11 is 0. The second-order valence-electron chi connectivity index (χ2n) is 7.98. The van der Waals surface area contributed by atoms with Crippen LogP contribution >= 0.6 is 0 Å². The van der Waals surface area contributed by atoms with Crippen LogP contribution in [0.3, 0.4) is 0 Å². The van der Waals surface area contributed by atoms with E-state index in [1.54, 1.807) is 0 Å². The molecule has 1 fully saturated rings. The highest BCUT2D eigenvalue weighted by Crippen LogP contribution is 2.33. The molecule has 182 valence electrons. The van der Waals surface area contributed by atoms with Gasteiger partial charge < -0.3 is 9.64 Å². The number of aromatic nitrogens is 3. The van der Waals surface area contributed by atoms with E-state index in [1.807, 2.05) is 0 Å². The summed E-state index contributed by atoms with van der Waals surface area (Å²) in [6.07, 6.45) is -1.31. The third-order valence-electron chi connectivity index (χ3n) is 5.57. The maximum atomic E-state index is 14.0. The number of hydrogen-bond donors (Lipinski definition) is 0. The lowest BCUT2D eigenvalue weighted by molar-refractivity contribution is -0.143. The molecule has 1 aromatic carbocycles. The van der Waals surface area contributed by atoms with Gasteiger partial charge >= 0.3 is 6.18 Å². The SMILES string of the molecule is CCCCCCN(CCN1CCOCC1)C(=O)c1nnn(-c2ccc(F)cc2)c1C(F)(F)F. The number of benzene rings is 1. The highest BCUT2D eigenvalue weighted by atomic mass is 19.4. The third-order valence-corrected chi connectivity index (χ3v) is 5.57. The van der Waals surface area contributed by atoms with Gasteiger partial charge in [-0.1, -0.05) is 31.4 Å². The van der Waals surface area contributed by atoms with Gasteiger partial charge in [-0.2, -0.15) is 13.2 Å². The zero-order valence-electron chi connectivity index (χ0n) is 18.7. The molecule has 33 heavy (non-hydrogen) atoms. The Balaban J connectivity index is 1.85. The number of nitrogens with zero attached hydrogens (tertiary/aromatic N) is 5. The fourth-order valence-corrected chi connectivity index (χ4v) is 3.72. The second-order valence-corrected chi connectivity index (χ2v) is 7.98. The van der Waals surface area contributed by atoms with Gasteiger partial charge in [-0.3, -0.25) is 9.69 Å². The summed E-state index contributed by atoms with van der Waals surface area (Å²) in [6.45, 7) is 5.83. The number of morpholine rings is 1. The summed E-state index contributed by atoms with van der Waals surface area (Å²) in [5, 5.41) is 7.21. The lowest BCUT2D eigenvalue weighted by Gasteiger charge is -2.30. The number of hydrogen-bond acceptors (Lipinski definition) is 5. The van der Waals surface area contributed by atoms with E-state index in [0.29, 0.717) is 50.5 Å². The molecule has 11 heteroatoms. The average molecular weight is 471 g/mol. The summed E-state index contributed by atoms with van der Waals surface area (Å²) in [6, 6.07) is 4.38. The predicted molar refractivity (Wildman–Crippen MR) is 114 cm³/mol. The molecule has 1 aromatic heterocycles. The molecule has 1 aliphatic rings. The largest absolute Gasteiger partial charge is 0.435 e. The normalized spacial score (nSPS) is 15.1. The lowest BCUT2D eigenvalue weighted by atomic mass is 10.2. The van der Waals surface area contributed by atoms with E-state index in [0.717, 1.165) is 43.5 Å². The molecule has 1 amide bonds. The van der Waals surface area contributed by atoms with Crippen molar-refractivity contribution in [1.82, 2.24) is 24.8 Å². The minimum atomic E-state index is -4.87. The van der Waals surface area contributed by atoms with Crippen LogP contribution in [0.1, 0.15) is 48.8 Å². The Morgan fingerprint density at radius 2 is 1.79 bits per heavy atom. The van der Waals surface area contributed by atoms with Crippen LogP contribution in [0.5, 0.6) is 0 Å². The standard InChI is InChI=1S/C22H29F4N5O2/c1-2-3-4-5-10-30(12-11-29-13-15-33-16-14-29)21(32)19-20(22(24,25)26)31(28-27-19)18-8-6-17(23)7-9-18/h6-9H,2-5,10-16H2,1H3.